The van der Waals surface area contributed by atoms with Gasteiger partial charge in [-0.2, -0.15) is 0 Å². The molecule has 0 saturated heterocycles. The Morgan fingerprint density at radius 1 is 1.35 bits per heavy atom. The SMILES string of the molecule is Cc1ccc(N)c(C(=O)Nc2cc(C)no2)c1. The third-order valence-corrected chi connectivity index (χ3v) is 2.32. The van der Waals surface area contributed by atoms with Crippen LogP contribution in [-0.2, 0) is 0 Å². The van der Waals surface area contributed by atoms with Crippen LogP contribution in [0.25, 0.3) is 0 Å². The van der Waals surface area contributed by atoms with Crippen molar-refractivity contribution in [3.05, 3.63) is 41.1 Å². The minimum absolute atomic E-state index is 0.303. The fourth-order valence-corrected chi connectivity index (χ4v) is 1.47. The molecule has 0 bridgehead atoms. The number of amides is 1. The lowest BCUT2D eigenvalue weighted by Gasteiger charge is -2.05. The number of carbonyl (C=O) groups is 1. The van der Waals surface area contributed by atoms with Crippen molar-refractivity contribution in [2.45, 2.75) is 13.8 Å². The molecule has 0 aliphatic rings. The number of nitrogen functional groups attached to an aromatic ring is 1. The van der Waals surface area contributed by atoms with Crippen LogP contribution in [0.5, 0.6) is 0 Å². The second-order valence-corrected chi connectivity index (χ2v) is 3.88. The molecule has 1 heterocycles. The molecule has 0 fully saturated rings. The molecule has 1 amide bonds. The van der Waals surface area contributed by atoms with Crippen LogP contribution in [-0.4, -0.2) is 11.1 Å². The summed E-state index contributed by atoms with van der Waals surface area (Å²) in [4.78, 5) is 11.9. The number of rotatable bonds is 2. The van der Waals surface area contributed by atoms with Gasteiger partial charge in [-0.15, -0.1) is 0 Å². The smallest absolute Gasteiger partial charge is 0.260 e. The molecule has 88 valence electrons. The van der Waals surface area contributed by atoms with Gasteiger partial charge in [0.05, 0.1) is 11.3 Å². The van der Waals surface area contributed by atoms with Gasteiger partial charge in [0.1, 0.15) is 0 Å². The van der Waals surface area contributed by atoms with Gasteiger partial charge in [0.2, 0.25) is 5.88 Å². The van der Waals surface area contributed by atoms with E-state index in [4.69, 9.17) is 10.3 Å². The van der Waals surface area contributed by atoms with Crippen molar-refractivity contribution < 1.29 is 9.32 Å². The van der Waals surface area contributed by atoms with E-state index >= 15 is 0 Å². The highest BCUT2D eigenvalue weighted by atomic mass is 16.5. The Bertz CT molecular complexity index is 561. The quantitative estimate of drug-likeness (QED) is 0.776. The van der Waals surface area contributed by atoms with Crippen LogP contribution in [0.1, 0.15) is 21.6 Å². The molecule has 1 aromatic carbocycles. The number of aryl methyl sites for hydroxylation is 2. The van der Waals surface area contributed by atoms with Gasteiger partial charge in [-0.3, -0.25) is 10.1 Å². The summed E-state index contributed by atoms with van der Waals surface area (Å²) < 4.78 is 4.90. The standard InChI is InChI=1S/C12H13N3O2/c1-7-3-4-10(13)9(5-7)12(16)14-11-6-8(2)15-17-11/h3-6H,13H2,1-2H3,(H,14,16). The molecule has 0 atom stereocenters. The molecular formula is C12H13N3O2. The number of hydrogen-bond donors (Lipinski definition) is 2. The molecule has 0 aliphatic heterocycles. The second-order valence-electron chi connectivity index (χ2n) is 3.88. The Morgan fingerprint density at radius 2 is 2.12 bits per heavy atom. The molecule has 0 spiro atoms. The second kappa shape index (κ2) is 4.29. The number of nitrogens with zero attached hydrogens (tertiary/aromatic N) is 1. The van der Waals surface area contributed by atoms with E-state index in [2.05, 4.69) is 10.5 Å². The Morgan fingerprint density at radius 3 is 2.76 bits per heavy atom. The van der Waals surface area contributed by atoms with E-state index in [1.807, 2.05) is 13.0 Å². The number of anilines is 2. The zero-order valence-electron chi connectivity index (χ0n) is 9.65. The number of carbonyl (C=O) groups excluding carboxylic acids is 1. The summed E-state index contributed by atoms with van der Waals surface area (Å²) >= 11 is 0. The van der Waals surface area contributed by atoms with E-state index in [0.717, 1.165) is 5.56 Å². The van der Waals surface area contributed by atoms with Crippen molar-refractivity contribution in [3.8, 4) is 0 Å². The van der Waals surface area contributed by atoms with Crippen LogP contribution in [0.4, 0.5) is 11.6 Å². The molecule has 0 unspecified atom stereocenters. The largest absolute Gasteiger partial charge is 0.398 e. The molecule has 2 rings (SSSR count). The molecular weight excluding hydrogens is 218 g/mol. The molecule has 2 aromatic rings. The van der Waals surface area contributed by atoms with Gasteiger partial charge < -0.3 is 10.3 Å². The van der Waals surface area contributed by atoms with Crippen LogP contribution < -0.4 is 11.1 Å². The number of aromatic nitrogens is 1. The molecule has 3 N–H and O–H groups in total. The highest BCUT2D eigenvalue weighted by Gasteiger charge is 2.12. The normalized spacial score (nSPS) is 10.2. The Kier molecular flexibility index (Phi) is 2.82. The predicted molar refractivity (Wildman–Crippen MR) is 64.8 cm³/mol. The first kappa shape index (κ1) is 11.2. The fourth-order valence-electron chi connectivity index (χ4n) is 1.47. The highest BCUT2D eigenvalue weighted by molar-refractivity contribution is 6.07. The molecule has 1 aromatic heterocycles. The van der Waals surface area contributed by atoms with Crippen LogP contribution in [0.15, 0.2) is 28.8 Å². The zero-order chi connectivity index (χ0) is 12.4. The van der Waals surface area contributed by atoms with E-state index in [-0.39, 0.29) is 5.91 Å². The summed E-state index contributed by atoms with van der Waals surface area (Å²) in [6.07, 6.45) is 0. The summed E-state index contributed by atoms with van der Waals surface area (Å²) in [6.45, 7) is 3.68. The summed E-state index contributed by atoms with van der Waals surface area (Å²) in [5.41, 5.74) is 8.28. The maximum absolute atomic E-state index is 11.9. The van der Waals surface area contributed by atoms with E-state index in [9.17, 15) is 4.79 Å². The number of benzene rings is 1. The van der Waals surface area contributed by atoms with Gasteiger partial charge in [-0.1, -0.05) is 16.8 Å². The zero-order valence-corrected chi connectivity index (χ0v) is 9.65. The van der Waals surface area contributed by atoms with Crippen LogP contribution in [0.2, 0.25) is 0 Å². The van der Waals surface area contributed by atoms with E-state index in [1.165, 1.54) is 0 Å². The van der Waals surface area contributed by atoms with Crippen LogP contribution in [0, 0.1) is 13.8 Å². The summed E-state index contributed by atoms with van der Waals surface area (Å²) in [7, 11) is 0. The predicted octanol–water partition coefficient (Wildman–Crippen LogP) is 2.13. The first-order valence-electron chi connectivity index (χ1n) is 5.17. The first-order chi connectivity index (χ1) is 8.06. The van der Waals surface area contributed by atoms with Crippen molar-refractivity contribution in [2.24, 2.45) is 0 Å². The van der Waals surface area contributed by atoms with Crippen LogP contribution >= 0.6 is 0 Å². The van der Waals surface area contributed by atoms with Gasteiger partial charge in [-0.25, -0.2) is 0 Å². The van der Waals surface area contributed by atoms with Gasteiger partial charge in [-0.05, 0) is 26.0 Å². The average Bonchev–Trinajstić information content (AvgIpc) is 2.67. The minimum Gasteiger partial charge on any atom is -0.398 e. The van der Waals surface area contributed by atoms with Crippen molar-refractivity contribution in [1.29, 1.82) is 0 Å². The molecule has 5 heteroatoms. The summed E-state index contributed by atoms with van der Waals surface area (Å²) in [5, 5.41) is 6.28. The summed E-state index contributed by atoms with van der Waals surface area (Å²) in [5.74, 6) is 0.00996. The molecule has 5 nitrogen and oxygen atoms in total. The summed E-state index contributed by atoms with van der Waals surface area (Å²) in [6, 6.07) is 6.93. The monoisotopic (exact) mass is 231 g/mol. The maximum Gasteiger partial charge on any atom is 0.260 e. The van der Waals surface area contributed by atoms with Crippen molar-refractivity contribution in [2.75, 3.05) is 11.1 Å². The molecule has 0 radical (unpaired) electrons. The first-order valence-corrected chi connectivity index (χ1v) is 5.17. The number of hydrogen-bond acceptors (Lipinski definition) is 4. The molecule has 0 aliphatic carbocycles. The molecule has 0 saturated carbocycles. The number of nitrogens with one attached hydrogen (secondary N) is 1. The van der Waals surface area contributed by atoms with Gasteiger partial charge in [0, 0.05) is 11.8 Å². The minimum atomic E-state index is -0.303. The van der Waals surface area contributed by atoms with E-state index in [1.54, 1.807) is 25.1 Å². The van der Waals surface area contributed by atoms with Crippen molar-refractivity contribution in [1.82, 2.24) is 5.16 Å². The third-order valence-electron chi connectivity index (χ3n) is 2.32. The fraction of sp³-hybridized carbons (Fsp3) is 0.167. The van der Waals surface area contributed by atoms with Crippen LogP contribution in [0.3, 0.4) is 0 Å². The van der Waals surface area contributed by atoms with Gasteiger partial charge in [0.25, 0.3) is 5.91 Å². The molecule has 17 heavy (non-hydrogen) atoms. The van der Waals surface area contributed by atoms with Gasteiger partial charge >= 0.3 is 0 Å². The lowest BCUT2D eigenvalue weighted by molar-refractivity contribution is 0.102. The van der Waals surface area contributed by atoms with E-state index in [0.29, 0.717) is 22.8 Å². The Labute approximate surface area is 98.6 Å². The third kappa shape index (κ3) is 2.44. The van der Waals surface area contributed by atoms with Crippen molar-refractivity contribution in [3.63, 3.8) is 0 Å². The number of nitrogens with two attached hydrogens (primary N) is 1. The van der Waals surface area contributed by atoms with E-state index < -0.39 is 0 Å². The lowest BCUT2D eigenvalue weighted by atomic mass is 10.1. The highest BCUT2D eigenvalue weighted by Crippen LogP contribution is 2.16. The lowest BCUT2D eigenvalue weighted by Crippen LogP contribution is -2.13. The Hall–Kier alpha value is -2.30. The topological polar surface area (TPSA) is 81.2 Å². The Balaban J connectivity index is 2.22. The van der Waals surface area contributed by atoms with Gasteiger partial charge in [0.15, 0.2) is 0 Å². The van der Waals surface area contributed by atoms with Crippen molar-refractivity contribution >= 4 is 17.5 Å². The maximum atomic E-state index is 11.9. The average molecular weight is 231 g/mol.